The van der Waals surface area contributed by atoms with E-state index in [2.05, 4.69) is 61.6 Å². The number of halogens is 1. The molecule has 1 aromatic heterocycles. The molecule has 0 radical (unpaired) electrons. The molecule has 2 heterocycles. The zero-order valence-corrected chi connectivity index (χ0v) is 14.0. The highest BCUT2D eigenvalue weighted by atomic mass is 127. The highest BCUT2D eigenvalue weighted by Gasteiger charge is 2.18. The average molecular weight is 378 g/mol. The third-order valence-corrected chi connectivity index (χ3v) is 4.27. The van der Waals surface area contributed by atoms with Gasteiger partial charge in [-0.1, -0.05) is 22.6 Å². The minimum Gasteiger partial charge on any atom is -0.301 e. The molecule has 1 aliphatic heterocycles. The molecular weight excluding hydrogens is 355 g/mol. The number of aromatic nitrogens is 4. The molecule has 0 aliphatic carbocycles. The first kappa shape index (κ1) is 15.1. The first-order chi connectivity index (χ1) is 9.19. The summed E-state index contributed by atoms with van der Waals surface area (Å²) in [7, 11) is 0. The summed E-state index contributed by atoms with van der Waals surface area (Å²) < 4.78 is 0.828. The van der Waals surface area contributed by atoms with E-state index in [1.165, 1.54) is 26.2 Å². The lowest BCUT2D eigenvalue weighted by atomic mass is 10.2. The number of hydrogen-bond donors (Lipinski definition) is 0. The lowest BCUT2D eigenvalue weighted by Gasteiger charge is -2.36. The molecule has 0 spiro atoms. The maximum Gasteiger partial charge on any atom is 0.184 e. The number of aryl methyl sites for hydroxylation is 1. The predicted octanol–water partition coefficient (Wildman–Crippen LogP) is 1.02. The summed E-state index contributed by atoms with van der Waals surface area (Å²) in [5.74, 6) is 0.825. The Kier molecular flexibility index (Phi) is 5.96. The molecule has 1 fully saturated rings. The standard InChI is InChI=1S/C12H23IN6/c1-11(2)18-8-6-17(7-9-18)4-3-5-19-15-12(10-13)14-16-19/h11H,3-10H2,1-2H3. The fourth-order valence-corrected chi connectivity index (χ4v) is 2.67. The SMILES string of the molecule is CC(C)N1CCN(CCCn2nnc(CI)n2)CC1. The van der Waals surface area contributed by atoms with E-state index < -0.39 is 0 Å². The Hall–Kier alpha value is -0.280. The molecule has 1 aliphatic rings. The van der Waals surface area contributed by atoms with Crippen molar-refractivity contribution in [3.05, 3.63) is 5.82 Å². The van der Waals surface area contributed by atoms with Crippen LogP contribution in [0, 0.1) is 0 Å². The summed E-state index contributed by atoms with van der Waals surface area (Å²) in [6.45, 7) is 11.3. The van der Waals surface area contributed by atoms with Crippen molar-refractivity contribution < 1.29 is 0 Å². The maximum atomic E-state index is 4.31. The van der Waals surface area contributed by atoms with Crippen LogP contribution < -0.4 is 0 Å². The van der Waals surface area contributed by atoms with Crippen LogP contribution in [0.1, 0.15) is 26.1 Å². The van der Waals surface area contributed by atoms with E-state index in [0.717, 1.165) is 29.8 Å². The highest BCUT2D eigenvalue weighted by molar-refractivity contribution is 14.1. The lowest BCUT2D eigenvalue weighted by molar-refractivity contribution is 0.106. The third-order valence-electron chi connectivity index (χ3n) is 3.58. The lowest BCUT2D eigenvalue weighted by Crippen LogP contribution is -2.49. The van der Waals surface area contributed by atoms with Gasteiger partial charge >= 0.3 is 0 Å². The van der Waals surface area contributed by atoms with Crippen LogP contribution >= 0.6 is 22.6 Å². The van der Waals surface area contributed by atoms with Crippen molar-refractivity contribution in [1.29, 1.82) is 0 Å². The smallest absolute Gasteiger partial charge is 0.184 e. The van der Waals surface area contributed by atoms with Crippen LogP contribution in [0.25, 0.3) is 0 Å². The van der Waals surface area contributed by atoms with Gasteiger partial charge in [-0.25, -0.2) is 0 Å². The van der Waals surface area contributed by atoms with Crippen LogP contribution in [-0.4, -0.2) is 68.8 Å². The van der Waals surface area contributed by atoms with Gasteiger partial charge in [0.05, 0.1) is 11.0 Å². The molecule has 2 rings (SSSR count). The fourth-order valence-electron chi connectivity index (χ4n) is 2.36. The van der Waals surface area contributed by atoms with Crippen molar-refractivity contribution in [3.8, 4) is 0 Å². The first-order valence-electron chi connectivity index (χ1n) is 6.98. The highest BCUT2D eigenvalue weighted by Crippen LogP contribution is 2.06. The Morgan fingerprint density at radius 3 is 2.47 bits per heavy atom. The Morgan fingerprint density at radius 1 is 1.16 bits per heavy atom. The Morgan fingerprint density at radius 2 is 1.89 bits per heavy atom. The molecule has 1 aromatic rings. The number of hydrogen-bond acceptors (Lipinski definition) is 5. The number of piperazine rings is 1. The molecule has 0 aromatic carbocycles. The van der Waals surface area contributed by atoms with Crippen molar-refractivity contribution in [1.82, 2.24) is 30.0 Å². The van der Waals surface area contributed by atoms with Gasteiger partial charge in [-0.2, -0.15) is 4.80 Å². The van der Waals surface area contributed by atoms with E-state index in [1.54, 1.807) is 4.80 Å². The summed E-state index contributed by atoms with van der Waals surface area (Å²) in [6.07, 6.45) is 1.10. The molecular formula is C12H23IN6. The quantitative estimate of drug-likeness (QED) is 0.547. The van der Waals surface area contributed by atoms with Gasteiger partial charge in [-0.3, -0.25) is 4.90 Å². The maximum absolute atomic E-state index is 4.31. The van der Waals surface area contributed by atoms with E-state index in [-0.39, 0.29) is 0 Å². The van der Waals surface area contributed by atoms with Crippen molar-refractivity contribution >= 4 is 22.6 Å². The summed E-state index contributed by atoms with van der Waals surface area (Å²) in [4.78, 5) is 6.80. The van der Waals surface area contributed by atoms with E-state index in [9.17, 15) is 0 Å². The molecule has 0 saturated carbocycles. The van der Waals surface area contributed by atoms with E-state index in [1.807, 2.05) is 0 Å². The number of tetrazole rings is 1. The third kappa shape index (κ3) is 4.64. The molecule has 0 amide bonds. The molecule has 1 saturated heterocycles. The van der Waals surface area contributed by atoms with Crippen molar-refractivity contribution in [2.45, 2.75) is 37.3 Å². The van der Waals surface area contributed by atoms with E-state index in [4.69, 9.17) is 0 Å². The normalized spacial score (nSPS) is 18.3. The van der Waals surface area contributed by atoms with E-state index >= 15 is 0 Å². The summed E-state index contributed by atoms with van der Waals surface area (Å²) in [6, 6.07) is 0.674. The Balaban J connectivity index is 1.64. The van der Waals surface area contributed by atoms with Crippen LogP contribution in [0.4, 0.5) is 0 Å². The van der Waals surface area contributed by atoms with Crippen LogP contribution in [-0.2, 0) is 11.0 Å². The second-order valence-electron chi connectivity index (χ2n) is 5.26. The zero-order valence-electron chi connectivity index (χ0n) is 11.8. The van der Waals surface area contributed by atoms with Crippen LogP contribution in [0.15, 0.2) is 0 Å². The van der Waals surface area contributed by atoms with Crippen LogP contribution in [0.3, 0.4) is 0 Å². The topological polar surface area (TPSA) is 50.1 Å². The average Bonchev–Trinajstić information content (AvgIpc) is 2.87. The molecule has 0 atom stereocenters. The van der Waals surface area contributed by atoms with Gasteiger partial charge in [0, 0.05) is 38.8 Å². The first-order valence-corrected chi connectivity index (χ1v) is 8.50. The van der Waals surface area contributed by atoms with Gasteiger partial charge < -0.3 is 4.90 Å². The summed E-state index contributed by atoms with van der Waals surface area (Å²) in [5, 5.41) is 12.3. The molecule has 0 unspecified atom stereocenters. The van der Waals surface area contributed by atoms with Crippen LogP contribution in [0.2, 0.25) is 0 Å². The molecule has 0 N–H and O–H groups in total. The second-order valence-corrected chi connectivity index (χ2v) is 6.02. The van der Waals surface area contributed by atoms with Crippen LogP contribution in [0.5, 0.6) is 0 Å². The summed E-state index contributed by atoms with van der Waals surface area (Å²) >= 11 is 2.26. The minimum atomic E-state index is 0.674. The van der Waals surface area contributed by atoms with Crippen molar-refractivity contribution in [2.24, 2.45) is 0 Å². The largest absolute Gasteiger partial charge is 0.301 e. The van der Waals surface area contributed by atoms with Gasteiger partial charge in [-0.05, 0) is 25.5 Å². The van der Waals surface area contributed by atoms with Gasteiger partial charge in [0.15, 0.2) is 5.82 Å². The zero-order chi connectivity index (χ0) is 13.7. The van der Waals surface area contributed by atoms with Crippen molar-refractivity contribution in [2.75, 3.05) is 32.7 Å². The molecule has 0 bridgehead atoms. The number of nitrogens with zero attached hydrogens (tertiary/aromatic N) is 6. The van der Waals surface area contributed by atoms with Gasteiger partial charge in [0.2, 0.25) is 0 Å². The van der Waals surface area contributed by atoms with E-state index in [0.29, 0.717) is 6.04 Å². The molecule has 6 nitrogen and oxygen atoms in total. The Labute approximate surface area is 128 Å². The molecule has 108 valence electrons. The van der Waals surface area contributed by atoms with Crippen molar-refractivity contribution in [3.63, 3.8) is 0 Å². The fraction of sp³-hybridized carbons (Fsp3) is 0.917. The monoisotopic (exact) mass is 378 g/mol. The molecule has 7 heteroatoms. The predicted molar refractivity (Wildman–Crippen MR) is 83.3 cm³/mol. The van der Waals surface area contributed by atoms with Gasteiger partial charge in [-0.15, -0.1) is 10.2 Å². The molecule has 19 heavy (non-hydrogen) atoms. The van der Waals surface area contributed by atoms with Gasteiger partial charge in [0.1, 0.15) is 0 Å². The minimum absolute atomic E-state index is 0.674. The van der Waals surface area contributed by atoms with Gasteiger partial charge in [0.25, 0.3) is 0 Å². The number of rotatable bonds is 6. The summed E-state index contributed by atoms with van der Waals surface area (Å²) in [5.41, 5.74) is 0. The Bertz CT molecular complexity index is 372. The number of alkyl halides is 1. The second kappa shape index (κ2) is 7.49.